The number of methoxy groups -OCH3 is 4. The Morgan fingerprint density at radius 3 is 2.49 bits per heavy atom. The maximum Gasteiger partial charge on any atom is 0.309 e. The van der Waals surface area contributed by atoms with Gasteiger partial charge in [0.1, 0.15) is 5.76 Å². The SMILES string of the molecule is COC(=O)C[C@@](O)(C(=O)[C@@H]1C(OC)=C[C@]23CCCN2CCc2cc4c(cc2[C@H]13)OCO4)c1ccc(OC)c(OC)c1. The van der Waals surface area contributed by atoms with E-state index in [-0.39, 0.29) is 18.3 Å². The number of benzene rings is 2. The van der Waals surface area contributed by atoms with E-state index in [4.69, 9.17) is 28.4 Å². The summed E-state index contributed by atoms with van der Waals surface area (Å²) in [6.07, 6.45) is 4.06. The maximum absolute atomic E-state index is 14.9. The van der Waals surface area contributed by atoms with Gasteiger partial charge in [-0.05, 0) is 72.8 Å². The second-order valence-electron chi connectivity index (χ2n) is 11.0. The zero-order chi connectivity index (χ0) is 28.9. The molecule has 4 atom stereocenters. The number of ether oxygens (including phenoxy) is 6. The van der Waals surface area contributed by atoms with Crippen molar-refractivity contribution in [3.05, 3.63) is 58.9 Å². The van der Waals surface area contributed by atoms with Crippen LogP contribution in [0.3, 0.4) is 0 Å². The fourth-order valence-electron chi connectivity index (χ4n) is 7.27. The van der Waals surface area contributed by atoms with Gasteiger partial charge < -0.3 is 33.5 Å². The predicted molar refractivity (Wildman–Crippen MR) is 146 cm³/mol. The number of fused-ring (bicyclic) bond motifs is 3. The number of rotatable bonds is 8. The molecule has 6 rings (SSSR count). The zero-order valence-corrected chi connectivity index (χ0v) is 23.7. The lowest BCUT2D eigenvalue weighted by atomic mass is 9.69. The molecule has 10 nitrogen and oxygen atoms in total. The summed E-state index contributed by atoms with van der Waals surface area (Å²) in [4.78, 5) is 30.1. The minimum atomic E-state index is -2.24. The van der Waals surface area contributed by atoms with E-state index < -0.39 is 35.2 Å². The third-order valence-electron chi connectivity index (χ3n) is 9.20. The van der Waals surface area contributed by atoms with Crippen molar-refractivity contribution in [1.82, 2.24) is 4.90 Å². The van der Waals surface area contributed by atoms with Gasteiger partial charge >= 0.3 is 5.97 Å². The van der Waals surface area contributed by atoms with E-state index in [1.54, 1.807) is 19.2 Å². The van der Waals surface area contributed by atoms with E-state index in [2.05, 4.69) is 11.0 Å². The molecular weight excluding hydrogens is 530 g/mol. The number of allylic oxidation sites excluding steroid dienone is 1. The molecule has 0 unspecified atom stereocenters. The van der Waals surface area contributed by atoms with E-state index in [1.807, 2.05) is 12.1 Å². The molecule has 0 aromatic heterocycles. The predicted octanol–water partition coefficient (Wildman–Crippen LogP) is 3.09. The van der Waals surface area contributed by atoms with Crippen LogP contribution in [0.15, 0.2) is 42.2 Å². The van der Waals surface area contributed by atoms with Crippen molar-refractivity contribution in [2.45, 2.75) is 42.7 Å². The summed E-state index contributed by atoms with van der Waals surface area (Å²) >= 11 is 0. The van der Waals surface area contributed by atoms with Gasteiger partial charge in [-0.3, -0.25) is 14.5 Å². The van der Waals surface area contributed by atoms with Crippen molar-refractivity contribution in [3.63, 3.8) is 0 Å². The number of carbonyl (C=O) groups excluding carboxylic acids is 2. The van der Waals surface area contributed by atoms with Crippen LogP contribution in [0, 0.1) is 5.92 Å². The molecule has 0 bridgehead atoms. The van der Waals surface area contributed by atoms with Gasteiger partial charge in [-0.2, -0.15) is 0 Å². The summed E-state index contributed by atoms with van der Waals surface area (Å²) in [6.45, 7) is 1.83. The highest BCUT2D eigenvalue weighted by Crippen LogP contribution is 2.58. The van der Waals surface area contributed by atoms with Gasteiger partial charge in [0.15, 0.2) is 34.4 Å². The first-order valence-electron chi connectivity index (χ1n) is 13.8. The minimum absolute atomic E-state index is 0.141. The Labute approximate surface area is 238 Å². The quantitative estimate of drug-likeness (QED) is 0.479. The van der Waals surface area contributed by atoms with Gasteiger partial charge in [0.05, 0.1) is 46.3 Å². The summed E-state index contributed by atoms with van der Waals surface area (Å²) < 4.78 is 33.1. The fourth-order valence-corrected chi connectivity index (χ4v) is 7.27. The maximum atomic E-state index is 14.9. The number of Topliss-reactive ketones (excluding diaryl/α,β-unsaturated/α-hetero) is 1. The normalized spacial score (nSPS) is 25.6. The van der Waals surface area contributed by atoms with E-state index in [0.29, 0.717) is 28.8 Å². The molecular formula is C31H35NO9. The average molecular weight is 566 g/mol. The van der Waals surface area contributed by atoms with Crippen LogP contribution in [-0.2, 0) is 31.1 Å². The molecule has 10 heteroatoms. The van der Waals surface area contributed by atoms with Gasteiger partial charge in [-0.25, -0.2) is 0 Å². The molecule has 1 aliphatic carbocycles. The van der Waals surface area contributed by atoms with Crippen LogP contribution in [0.2, 0.25) is 0 Å². The first-order chi connectivity index (χ1) is 19.8. The summed E-state index contributed by atoms with van der Waals surface area (Å²) in [5.74, 6) is -0.00975. The number of aliphatic hydroxyl groups is 1. The van der Waals surface area contributed by atoms with Gasteiger partial charge in [-0.15, -0.1) is 0 Å². The Kier molecular flexibility index (Phi) is 6.86. The Bertz CT molecular complexity index is 1420. The van der Waals surface area contributed by atoms with Crippen LogP contribution in [0.1, 0.15) is 41.9 Å². The fraction of sp³-hybridized carbons (Fsp3) is 0.484. The van der Waals surface area contributed by atoms with Crippen LogP contribution in [-0.4, -0.2) is 75.6 Å². The van der Waals surface area contributed by atoms with Gasteiger partial charge in [-0.1, -0.05) is 6.07 Å². The van der Waals surface area contributed by atoms with Crippen molar-refractivity contribution >= 4 is 11.8 Å². The smallest absolute Gasteiger partial charge is 0.309 e. The first kappa shape index (κ1) is 27.4. The van der Waals surface area contributed by atoms with Gasteiger partial charge in [0, 0.05) is 12.5 Å². The van der Waals surface area contributed by atoms with E-state index in [0.717, 1.165) is 43.5 Å². The molecule has 0 saturated carbocycles. The Hall–Kier alpha value is -3.76. The van der Waals surface area contributed by atoms with Crippen LogP contribution in [0.25, 0.3) is 0 Å². The molecule has 218 valence electrons. The highest BCUT2D eigenvalue weighted by molar-refractivity contribution is 5.97. The number of carbonyl (C=O) groups is 2. The standard InChI is InChI=1S/C31H35NO9/c1-36-21-7-6-19(13-22(21)37-2)31(35,16-26(33)39-4)29(34)27-25(38-3)15-30-9-5-10-32(30)11-8-18-12-23-24(41-17-40-23)14-20(18)28(27)30/h6-7,12-15,27-28,35H,5,8-11,16-17H2,1-4H3/t27-,28-,30+,31+/m1/s1. The molecule has 0 amide bonds. The molecule has 1 saturated heterocycles. The second-order valence-corrected chi connectivity index (χ2v) is 11.0. The third kappa shape index (κ3) is 4.15. The van der Waals surface area contributed by atoms with E-state index >= 15 is 0 Å². The summed E-state index contributed by atoms with van der Waals surface area (Å²) in [6, 6.07) is 8.70. The topological polar surface area (TPSA) is 113 Å². The van der Waals surface area contributed by atoms with Crippen LogP contribution in [0.5, 0.6) is 23.0 Å². The van der Waals surface area contributed by atoms with Crippen molar-refractivity contribution in [2.75, 3.05) is 48.3 Å². The summed E-state index contributed by atoms with van der Waals surface area (Å²) in [5, 5.41) is 12.3. The molecule has 3 heterocycles. The lowest BCUT2D eigenvalue weighted by Crippen LogP contribution is -2.50. The highest BCUT2D eigenvalue weighted by atomic mass is 16.7. The van der Waals surface area contributed by atoms with Gasteiger partial charge in [0.25, 0.3) is 0 Å². The number of ketones is 1. The second kappa shape index (κ2) is 10.3. The Morgan fingerprint density at radius 1 is 1.02 bits per heavy atom. The zero-order valence-electron chi connectivity index (χ0n) is 23.7. The first-order valence-corrected chi connectivity index (χ1v) is 13.8. The van der Waals surface area contributed by atoms with Crippen molar-refractivity contribution in [3.8, 4) is 23.0 Å². The molecule has 2 aromatic rings. The molecule has 1 fully saturated rings. The molecule has 0 radical (unpaired) electrons. The highest BCUT2D eigenvalue weighted by Gasteiger charge is 2.61. The Morgan fingerprint density at radius 2 is 1.78 bits per heavy atom. The average Bonchev–Trinajstić information content (AvgIpc) is 3.69. The van der Waals surface area contributed by atoms with E-state index in [9.17, 15) is 14.7 Å². The van der Waals surface area contributed by atoms with Crippen molar-refractivity contribution in [1.29, 1.82) is 0 Å². The van der Waals surface area contributed by atoms with Crippen LogP contribution < -0.4 is 18.9 Å². The number of esters is 1. The molecule has 41 heavy (non-hydrogen) atoms. The summed E-state index contributed by atoms with van der Waals surface area (Å²) in [5.41, 5.74) is -0.502. The molecule has 3 aliphatic heterocycles. The lowest BCUT2D eigenvalue weighted by molar-refractivity contribution is -0.157. The molecule has 1 N–H and O–H groups in total. The summed E-state index contributed by atoms with van der Waals surface area (Å²) in [7, 11) is 5.74. The molecule has 4 aliphatic rings. The number of hydrogen-bond acceptors (Lipinski definition) is 10. The monoisotopic (exact) mass is 565 g/mol. The van der Waals surface area contributed by atoms with Crippen LogP contribution in [0.4, 0.5) is 0 Å². The lowest BCUT2D eigenvalue weighted by Gasteiger charge is -2.41. The molecule has 2 aromatic carbocycles. The Balaban J connectivity index is 1.53. The number of hydrogen-bond donors (Lipinski definition) is 1. The number of nitrogens with zero attached hydrogens (tertiary/aromatic N) is 1. The van der Waals surface area contributed by atoms with Crippen LogP contribution >= 0.6 is 0 Å². The van der Waals surface area contributed by atoms with E-state index in [1.165, 1.54) is 27.4 Å². The van der Waals surface area contributed by atoms with Crippen molar-refractivity contribution in [2.24, 2.45) is 5.92 Å². The third-order valence-corrected chi connectivity index (χ3v) is 9.20. The largest absolute Gasteiger partial charge is 0.501 e. The van der Waals surface area contributed by atoms with Gasteiger partial charge in [0.2, 0.25) is 6.79 Å². The minimum Gasteiger partial charge on any atom is -0.501 e. The van der Waals surface area contributed by atoms with Crippen molar-refractivity contribution < 1.29 is 43.1 Å². The molecule has 1 spiro atoms.